The second-order valence-corrected chi connectivity index (χ2v) is 6.17. The molecule has 2 N–H and O–H groups in total. The molecule has 2 aliphatic rings. The molecule has 23 heavy (non-hydrogen) atoms. The van der Waals surface area contributed by atoms with E-state index in [4.69, 9.17) is 4.74 Å². The van der Waals surface area contributed by atoms with Crippen molar-refractivity contribution in [2.45, 2.75) is 32.2 Å². The first-order chi connectivity index (χ1) is 10.8. The Hall–Kier alpha value is -1.71. The van der Waals surface area contributed by atoms with Gasteiger partial charge in [-0.15, -0.1) is 12.4 Å². The summed E-state index contributed by atoms with van der Waals surface area (Å²) in [4.78, 5) is 0. The van der Waals surface area contributed by atoms with Crippen LogP contribution >= 0.6 is 12.4 Å². The Morgan fingerprint density at radius 1 is 1.26 bits per heavy atom. The zero-order chi connectivity index (χ0) is 15.1. The predicted molar refractivity (Wildman–Crippen MR) is 94.7 cm³/mol. The monoisotopic (exact) mass is 331 g/mol. The number of ether oxygens (including phenoxy) is 1. The van der Waals surface area contributed by atoms with Crippen LogP contribution in [0.1, 0.15) is 36.1 Å². The van der Waals surface area contributed by atoms with Crippen LogP contribution in [0, 0.1) is 0 Å². The van der Waals surface area contributed by atoms with Crippen LogP contribution in [0.4, 0.5) is 0 Å². The number of nitrogens with one attached hydrogen (secondary N) is 1. The number of aromatic hydroxyl groups is 1. The summed E-state index contributed by atoms with van der Waals surface area (Å²) in [6.07, 6.45) is 2.95. The molecular weight excluding hydrogens is 310 g/mol. The summed E-state index contributed by atoms with van der Waals surface area (Å²) in [7, 11) is 0. The van der Waals surface area contributed by atoms with E-state index in [1.165, 1.54) is 22.3 Å². The average Bonchev–Trinajstić information content (AvgIpc) is 2.52. The van der Waals surface area contributed by atoms with E-state index in [0.717, 1.165) is 43.7 Å². The van der Waals surface area contributed by atoms with E-state index < -0.39 is 0 Å². The number of fused-ring (bicyclic) bond motifs is 2. The second kappa shape index (κ2) is 6.42. The molecule has 1 heterocycles. The molecule has 0 aromatic heterocycles. The number of rotatable bonds is 3. The normalized spacial score (nSPS) is 17.7. The molecule has 0 bridgehead atoms. The molecule has 0 amide bonds. The molecule has 0 radical (unpaired) electrons. The maximum Gasteiger partial charge on any atom is 0.127 e. The fourth-order valence-corrected chi connectivity index (χ4v) is 3.78. The van der Waals surface area contributed by atoms with Crippen molar-refractivity contribution in [3.05, 3.63) is 47.0 Å². The third kappa shape index (κ3) is 2.68. The maximum atomic E-state index is 10.1. The molecule has 122 valence electrons. The highest BCUT2D eigenvalue weighted by atomic mass is 35.5. The molecule has 1 aliphatic heterocycles. The first-order valence-electron chi connectivity index (χ1n) is 8.12. The van der Waals surface area contributed by atoms with Gasteiger partial charge in [0.15, 0.2) is 0 Å². The highest BCUT2D eigenvalue weighted by Gasteiger charge is 2.31. The van der Waals surface area contributed by atoms with Crippen molar-refractivity contribution in [2.75, 3.05) is 13.2 Å². The van der Waals surface area contributed by atoms with Gasteiger partial charge in [-0.2, -0.15) is 0 Å². The van der Waals surface area contributed by atoms with Crippen molar-refractivity contribution in [3.63, 3.8) is 0 Å². The molecule has 2 aromatic carbocycles. The smallest absolute Gasteiger partial charge is 0.127 e. The fourth-order valence-electron chi connectivity index (χ4n) is 3.78. The molecule has 0 saturated heterocycles. The van der Waals surface area contributed by atoms with Crippen LogP contribution in [0.15, 0.2) is 30.3 Å². The van der Waals surface area contributed by atoms with Crippen LogP contribution in [0.2, 0.25) is 0 Å². The highest BCUT2D eigenvalue weighted by molar-refractivity contribution is 5.85. The van der Waals surface area contributed by atoms with E-state index in [9.17, 15) is 5.11 Å². The van der Waals surface area contributed by atoms with Gasteiger partial charge in [0.1, 0.15) is 11.5 Å². The molecule has 2 aromatic rings. The summed E-state index contributed by atoms with van der Waals surface area (Å²) in [6, 6.07) is 10.5. The van der Waals surface area contributed by atoms with E-state index in [0.29, 0.717) is 11.8 Å². The van der Waals surface area contributed by atoms with Crippen molar-refractivity contribution in [1.82, 2.24) is 5.32 Å². The molecule has 1 unspecified atom stereocenters. The molecule has 0 spiro atoms. The van der Waals surface area contributed by atoms with E-state index in [1.807, 2.05) is 18.2 Å². The Morgan fingerprint density at radius 2 is 2.13 bits per heavy atom. The molecule has 0 saturated carbocycles. The quantitative estimate of drug-likeness (QED) is 0.892. The number of phenolic OH excluding ortho intramolecular Hbond substituents is 1. The summed E-state index contributed by atoms with van der Waals surface area (Å²) >= 11 is 0. The molecule has 1 aliphatic carbocycles. The van der Waals surface area contributed by atoms with Gasteiger partial charge < -0.3 is 15.2 Å². The van der Waals surface area contributed by atoms with Crippen molar-refractivity contribution >= 4 is 12.4 Å². The van der Waals surface area contributed by atoms with Crippen LogP contribution in [-0.4, -0.2) is 18.3 Å². The van der Waals surface area contributed by atoms with Gasteiger partial charge in [-0.05, 0) is 66.3 Å². The standard InChI is InChI=1S/C19H21NO2.ClH/c1-2-8-22-17-5-3-4-12-10-16-18-13(6-7-20-16)9-14(21)11-15(18)19(12)17;/h3-5,9,11,16,20-21H,2,6-8,10H2,1H3;1H. The number of phenols is 1. The van der Waals surface area contributed by atoms with Crippen molar-refractivity contribution < 1.29 is 9.84 Å². The third-order valence-electron chi connectivity index (χ3n) is 4.65. The molecule has 4 rings (SSSR count). The first-order valence-corrected chi connectivity index (χ1v) is 8.12. The van der Waals surface area contributed by atoms with Gasteiger partial charge in [-0.25, -0.2) is 0 Å². The Bertz CT molecular complexity index is 730. The van der Waals surface area contributed by atoms with Gasteiger partial charge in [0.25, 0.3) is 0 Å². The molecular formula is C19H22ClNO2. The van der Waals surface area contributed by atoms with Crippen LogP contribution in [0.5, 0.6) is 11.5 Å². The molecule has 3 nitrogen and oxygen atoms in total. The topological polar surface area (TPSA) is 41.5 Å². The Morgan fingerprint density at radius 3 is 2.96 bits per heavy atom. The summed E-state index contributed by atoms with van der Waals surface area (Å²) in [5.74, 6) is 1.30. The molecule has 4 heteroatoms. The van der Waals surface area contributed by atoms with Crippen molar-refractivity contribution in [2.24, 2.45) is 0 Å². The zero-order valence-corrected chi connectivity index (χ0v) is 14.1. The van der Waals surface area contributed by atoms with Crippen LogP contribution in [0.25, 0.3) is 11.1 Å². The van der Waals surface area contributed by atoms with Gasteiger partial charge in [0.05, 0.1) is 6.61 Å². The Kier molecular flexibility index (Phi) is 4.51. The lowest BCUT2D eigenvalue weighted by Gasteiger charge is -2.35. The van der Waals surface area contributed by atoms with E-state index in [2.05, 4.69) is 24.4 Å². The van der Waals surface area contributed by atoms with Crippen LogP contribution in [-0.2, 0) is 12.8 Å². The van der Waals surface area contributed by atoms with Crippen molar-refractivity contribution in [1.29, 1.82) is 0 Å². The van der Waals surface area contributed by atoms with E-state index >= 15 is 0 Å². The van der Waals surface area contributed by atoms with Gasteiger partial charge in [0.2, 0.25) is 0 Å². The molecule has 1 atom stereocenters. The third-order valence-corrected chi connectivity index (χ3v) is 4.65. The molecule has 0 fully saturated rings. The zero-order valence-electron chi connectivity index (χ0n) is 13.3. The van der Waals surface area contributed by atoms with Gasteiger partial charge in [-0.1, -0.05) is 19.1 Å². The van der Waals surface area contributed by atoms with Crippen LogP contribution in [0.3, 0.4) is 0 Å². The van der Waals surface area contributed by atoms with Crippen molar-refractivity contribution in [3.8, 4) is 22.6 Å². The summed E-state index contributed by atoms with van der Waals surface area (Å²) < 4.78 is 5.98. The largest absolute Gasteiger partial charge is 0.508 e. The Balaban J connectivity index is 0.00000156. The van der Waals surface area contributed by atoms with Crippen LogP contribution < -0.4 is 10.1 Å². The first kappa shape index (κ1) is 16.2. The van der Waals surface area contributed by atoms with E-state index in [-0.39, 0.29) is 12.4 Å². The minimum Gasteiger partial charge on any atom is -0.508 e. The summed E-state index contributed by atoms with van der Waals surface area (Å²) in [5.41, 5.74) is 6.24. The Labute approximate surface area is 143 Å². The number of hydrogen-bond donors (Lipinski definition) is 2. The minimum absolute atomic E-state index is 0. The van der Waals surface area contributed by atoms with E-state index in [1.54, 1.807) is 0 Å². The average molecular weight is 332 g/mol. The van der Waals surface area contributed by atoms with Gasteiger partial charge in [-0.3, -0.25) is 0 Å². The number of hydrogen-bond acceptors (Lipinski definition) is 3. The lowest BCUT2D eigenvalue weighted by Crippen LogP contribution is -2.33. The fraction of sp³-hybridized carbons (Fsp3) is 0.368. The highest BCUT2D eigenvalue weighted by Crippen LogP contribution is 2.47. The summed E-state index contributed by atoms with van der Waals surface area (Å²) in [6.45, 7) is 3.81. The SMILES string of the molecule is CCCOc1cccc2c1-c1cc(O)cc3c1C(C2)NCC3.Cl. The predicted octanol–water partition coefficient (Wildman–Crippen LogP) is 4.01. The summed E-state index contributed by atoms with van der Waals surface area (Å²) in [5, 5.41) is 13.8. The van der Waals surface area contributed by atoms with Gasteiger partial charge >= 0.3 is 0 Å². The number of halogens is 1. The van der Waals surface area contributed by atoms with Gasteiger partial charge in [0, 0.05) is 11.6 Å². The maximum absolute atomic E-state index is 10.1. The lowest BCUT2D eigenvalue weighted by molar-refractivity contribution is 0.318. The minimum atomic E-state index is 0. The number of benzene rings is 2. The second-order valence-electron chi connectivity index (χ2n) is 6.17. The lowest BCUT2D eigenvalue weighted by atomic mass is 9.77.